The molecule has 0 saturated heterocycles. The van der Waals surface area contributed by atoms with Crippen molar-refractivity contribution in [3.63, 3.8) is 0 Å². The van der Waals surface area contributed by atoms with Crippen molar-refractivity contribution < 1.29 is 9.53 Å². The summed E-state index contributed by atoms with van der Waals surface area (Å²) in [5.41, 5.74) is 2.99. The molecule has 0 saturated carbocycles. The zero-order valence-corrected chi connectivity index (χ0v) is 17.9. The number of hydrogen-bond donors (Lipinski definition) is 2. The molecule has 6 nitrogen and oxygen atoms in total. The number of carbonyl (C=O) groups excluding carboxylic acids is 1. The Kier molecular flexibility index (Phi) is 6.73. The number of benzene rings is 2. The molecule has 3 rings (SSSR count). The smallest absolute Gasteiger partial charge is 0.234 e. The van der Waals surface area contributed by atoms with Gasteiger partial charge < -0.3 is 10.1 Å². The van der Waals surface area contributed by atoms with Gasteiger partial charge in [-0.3, -0.25) is 9.89 Å². The summed E-state index contributed by atoms with van der Waals surface area (Å²) < 4.78 is 6.83. The van der Waals surface area contributed by atoms with E-state index in [2.05, 4.69) is 43.1 Å². The van der Waals surface area contributed by atoms with Gasteiger partial charge in [-0.05, 0) is 77.9 Å². The lowest BCUT2D eigenvalue weighted by atomic mass is 10.2. The number of anilines is 1. The maximum absolute atomic E-state index is 12.1. The third-order valence-electron chi connectivity index (χ3n) is 3.67. The number of nitrogens with zero attached hydrogens (tertiary/aromatic N) is 2. The van der Waals surface area contributed by atoms with Gasteiger partial charge >= 0.3 is 0 Å². The van der Waals surface area contributed by atoms with E-state index in [1.807, 2.05) is 56.3 Å². The minimum atomic E-state index is -0.0910. The van der Waals surface area contributed by atoms with Gasteiger partial charge in [-0.2, -0.15) is 0 Å². The first-order valence-corrected chi connectivity index (χ1v) is 10.4. The highest BCUT2D eigenvalue weighted by atomic mass is 127. The van der Waals surface area contributed by atoms with E-state index in [0.717, 1.165) is 26.1 Å². The standard InChI is InChI=1S/C19H19IN4O2S/c1-12-4-3-5-15(8-12)26-10-17-22-19(24-23-17)27-11-18(25)21-16-7-6-14(20)9-13(16)2/h3-9H,10-11H2,1-2H3,(H,21,25)(H,22,23,24). The van der Waals surface area contributed by atoms with E-state index in [1.165, 1.54) is 11.8 Å². The summed E-state index contributed by atoms with van der Waals surface area (Å²) in [6.45, 7) is 4.28. The molecule has 0 aliphatic heterocycles. The van der Waals surface area contributed by atoms with Crippen LogP contribution in [0.3, 0.4) is 0 Å². The summed E-state index contributed by atoms with van der Waals surface area (Å²) in [6, 6.07) is 13.7. The topological polar surface area (TPSA) is 79.9 Å². The number of ether oxygens (including phenoxy) is 1. The minimum Gasteiger partial charge on any atom is -0.486 e. The molecule has 8 heteroatoms. The Balaban J connectivity index is 1.48. The predicted molar refractivity (Wildman–Crippen MR) is 115 cm³/mol. The number of rotatable bonds is 7. The summed E-state index contributed by atoms with van der Waals surface area (Å²) in [5, 5.41) is 10.4. The summed E-state index contributed by atoms with van der Waals surface area (Å²) in [5.74, 6) is 1.55. The molecule has 1 amide bonds. The van der Waals surface area contributed by atoms with Crippen LogP contribution in [-0.4, -0.2) is 26.8 Å². The van der Waals surface area contributed by atoms with Gasteiger partial charge in [0.2, 0.25) is 11.1 Å². The molecule has 0 aliphatic carbocycles. The van der Waals surface area contributed by atoms with Gasteiger partial charge in [0, 0.05) is 9.26 Å². The SMILES string of the molecule is Cc1cccc(OCc2nc(SCC(=O)Nc3ccc(I)cc3C)n[nH]2)c1. The van der Waals surface area contributed by atoms with Crippen molar-refractivity contribution in [3.8, 4) is 5.75 Å². The fraction of sp³-hybridized carbons (Fsp3) is 0.211. The Morgan fingerprint density at radius 1 is 1.26 bits per heavy atom. The Morgan fingerprint density at radius 3 is 2.89 bits per heavy atom. The zero-order chi connectivity index (χ0) is 19.2. The Bertz CT molecular complexity index is 945. The molecule has 0 radical (unpaired) electrons. The number of H-pyrrole nitrogens is 1. The second-order valence-corrected chi connectivity index (χ2v) is 8.15. The number of aromatic amines is 1. The molecule has 2 aromatic carbocycles. The fourth-order valence-corrected chi connectivity index (χ4v) is 3.61. The Labute approximate surface area is 175 Å². The maximum Gasteiger partial charge on any atom is 0.234 e. The molecule has 27 heavy (non-hydrogen) atoms. The maximum atomic E-state index is 12.1. The van der Waals surface area contributed by atoms with Crippen LogP contribution < -0.4 is 10.1 Å². The second kappa shape index (κ2) is 9.23. The van der Waals surface area contributed by atoms with Crippen molar-refractivity contribution in [2.45, 2.75) is 25.6 Å². The molecule has 1 aromatic heterocycles. The van der Waals surface area contributed by atoms with Crippen molar-refractivity contribution in [1.29, 1.82) is 0 Å². The first kappa shape index (κ1) is 19.7. The Morgan fingerprint density at radius 2 is 2.11 bits per heavy atom. The Hall–Kier alpha value is -2.07. The van der Waals surface area contributed by atoms with Crippen molar-refractivity contribution >= 4 is 45.9 Å². The number of amides is 1. The molecule has 0 bridgehead atoms. The molecule has 0 atom stereocenters. The van der Waals surface area contributed by atoms with Gasteiger partial charge in [-0.25, -0.2) is 4.98 Å². The molecule has 3 aromatic rings. The predicted octanol–water partition coefficient (Wildman–Crippen LogP) is 4.34. The third-order valence-corrected chi connectivity index (χ3v) is 5.19. The molecular weight excluding hydrogens is 475 g/mol. The lowest BCUT2D eigenvalue weighted by Crippen LogP contribution is -2.15. The van der Waals surface area contributed by atoms with Gasteiger partial charge in [0.1, 0.15) is 12.4 Å². The average molecular weight is 494 g/mol. The van der Waals surface area contributed by atoms with Gasteiger partial charge in [0.25, 0.3) is 0 Å². The van der Waals surface area contributed by atoms with Crippen LogP contribution in [0.2, 0.25) is 0 Å². The summed E-state index contributed by atoms with van der Waals surface area (Å²) in [7, 11) is 0. The first-order chi connectivity index (χ1) is 13.0. The first-order valence-electron chi connectivity index (χ1n) is 8.29. The summed E-state index contributed by atoms with van der Waals surface area (Å²) in [4.78, 5) is 16.5. The van der Waals surface area contributed by atoms with Crippen LogP contribution in [0, 0.1) is 17.4 Å². The van der Waals surface area contributed by atoms with Crippen LogP contribution in [0.15, 0.2) is 47.6 Å². The minimum absolute atomic E-state index is 0.0910. The lowest BCUT2D eigenvalue weighted by molar-refractivity contribution is -0.113. The average Bonchev–Trinajstić information content (AvgIpc) is 3.09. The molecule has 0 fully saturated rings. The molecule has 140 valence electrons. The van der Waals surface area contributed by atoms with Gasteiger partial charge in [0.15, 0.2) is 5.82 Å². The van der Waals surface area contributed by atoms with E-state index in [0.29, 0.717) is 17.6 Å². The normalized spacial score (nSPS) is 10.6. The number of carbonyl (C=O) groups is 1. The van der Waals surface area contributed by atoms with Crippen LogP contribution in [0.1, 0.15) is 17.0 Å². The van der Waals surface area contributed by atoms with Crippen LogP contribution >= 0.6 is 34.4 Å². The lowest BCUT2D eigenvalue weighted by Gasteiger charge is -2.07. The number of hydrogen-bond acceptors (Lipinski definition) is 5. The van der Waals surface area contributed by atoms with Gasteiger partial charge in [0.05, 0.1) is 5.75 Å². The molecule has 0 unspecified atom stereocenters. The quantitative estimate of drug-likeness (QED) is 0.378. The molecular formula is C19H19IN4O2S. The summed E-state index contributed by atoms with van der Waals surface area (Å²) >= 11 is 3.53. The highest BCUT2D eigenvalue weighted by Gasteiger charge is 2.10. The van der Waals surface area contributed by atoms with Crippen molar-refractivity contribution in [1.82, 2.24) is 15.2 Å². The fourth-order valence-electron chi connectivity index (χ4n) is 2.35. The summed E-state index contributed by atoms with van der Waals surface area (Å²) in [6.07, 6.45) is 0. The third kappa shape index (κ3) is 5.96. The number of nitrogens with one attached hydrogen (secondary N) is 2. The van der Waals surface area contributed by atoms with Crippen LogP contribution in [0.25, 0.3) is 0 Å². The zero-order valence-electron chi connectivity index (χ0n) is 15.0. The molecule has 2 N–H and O–H groups in total. The highest BCUT2D eigenvalue weighted by Crippen LogP contribution is 2.19. The van der Waals surface area contributed by atoms with Crippen molar-refractivity contribution in [3.05, 3.63) is 63.0 Å². The van der Waals surface area contributed by atoms with Crippen LogP contribution in [-0.2, 0) is 11.4 Å². The largest absolute Gasteiger partial charge is 0.486 e. The van der Waals surface area contributed by atoms with Crippen LogP contribution in [0.5, 0.6) is 5.75 Å². The van der Waals surface area contributed by atoms with Gasteiger partial charge in [-0.1, -0.05) is 23.9 Å². The number of aromatic nitrogens is 3. The van der Waals surface area contributed by atoms with Crippen molar-refractivity contribution in [2.75, 3.05) is 11.1 Å². The molecule has 0 spiro atoms. The van der Waals surface area contributed by atoms with Crippen molar-refractivity contribution in [2.24, 2.45) is 0 Å². The highest BCUT2D eigenvalue weighted by molar-refractivity contribution is 14.1. The van der Waals surface area contributed by atoms with E-state index < -0.39 is 0 Å². The molecule has 0 aliphatic rings. The van der Waals surface area contributed by atoms with E-state index >= 15 is 0 Å². The van der Waals surface area contributed by atoms with Crippen LogP contribution in [0.4, 0.5) is 5.69 Å². The van der Waals surface area contributed by atoms with E-state index in [-0.39, 0.29) is 11.7 Å². The van der Waals surface area contributed by atoms with Gasteiger partial charge in [-0.15, -0.1) is 5.10 Å². The monoisotopic (exact) mass is 494 g/mol. The second-order valence-electron chi connectivity index (χ2n) is 5.97. The van der Waals surface area contributed by atoms with E-state index in [1.54, 1.807) is 0 Å². The number of halogens is 1. The molecule has 1 heterocycles. The number of thioether (sulfide) groups is 1. The van der Waals surface area contributed by atoms with E-state index in [9.17, 15) is 4.79 Å². The number of aryl methyl sites for hydroxylation is 2. The van der Waals surface area contributed by atoms with E-state index in [4.69, 9.17) is 4.74 Å².